The molecule has 1 atom stereocenters. The molecule has 0 radical (unpaired) electrons. The second-order valence-corrected chi connectivity index (χ2v) is 9.89. The van der Waals surface area contributed by atoms with Gasteiger partial charge in [-0.05, 0) is 52.4 Å². The Balaban J connectivity index is 4.46. The van der Waals surface area contributed by atoms with Gasteiger partial charge in [0.1, 0.15) is 39.6 Å². The highest BCUT2D eigenvalue weighted by atomic mass is 16.6. The lowest BCUT2D eigenvalue weighted by atomic mass is 9.96. The molecule has 0 saturated heterocycles. The molecule has 0 heterocycles. The monoisotopic (exact) mass is 641 g/mol. The number of rotatable bonds is 23. The molecule has 0 fully saturated rings. The molecule has 0 aromatic carbocycles. The van der Waals surface area contributed by atoms with E-state index in [1.807, 2.05) is 0 Å². The minimum absolute atomic E-state index is 0.0214. The summed E-state index contributed by atoms with van der Waals surface area (Å²) in [6, 6.07) is 0. The third kappa shape index (κ3) is 23.6. The summed E-state index contributed by atoms with van der Waals surface area (Å²) in [4.78, 5) is 69.7. The van der Waals surface area contributed by atoms with E-state index in [-0.39, 0.29) is 62.3 Å². The van der Waals surface area contributed by atoms with E-state index in [9.17, 15) is 28.8 Å². The fraction of sp³-hybridized carbons (Fsp3) is 0.600. The van der Waals surface area contributed by atoms with Gasteiger partial charge in [0.2, 0.25) is 0 Å². The number of carbonyl (C=O) groups is 6. The van der Waals surface area contributed by atoms with Crippen molar-refractivity contribution >= 4 is 36.2 Å². The van der Waals surface area contributed by atoms with Gasteiger partial charge in [-0.2, -0.15) is 0 Å². The highest BCUT2D eigenvalue weighted by molar-refractivity contribution is 5.87. The Morgan fingerprint density at radius 1 is 0.489 bits per heavy atom. The number of unbranched alkanes of at least 4 members (excludes halogenated alkanes) is 1. The topological polar surface area (TPSA) is 194 Å². The molecule has 3 amide bonds. The molecule has 15 nitrogen and oxygen atoms in total. The van der Waals surface area contributed by atoms with E-state index in [1.165, 1.54) is 20.8 Å². The molecule has 0 aliphatic carbocycles. The van der Waals surface area contributed by atoms with E-state index in [1.54, 1.807) is 0 Å². The van der Waals surface area contributed by atoms with Crippen molar-refractivity contribution < 1.29 is 57.2 Å². The second-order valence-electron chi connectivity index (χ2n) is 9.89. The van der Waals surface area contributed by atoms with Crippen LogP contribution in [0.4, 0.5) is 14.4 Å². The first-order chi connectivity index (χ1) is 21.3. The molecule has 0 aliphatic heterocycles. The van der Waals surface area contributed by atoms with Crippen molar-refractivity contribution in [2.45, 2.75) is 52.9 Å². The molecule has 15 heteroatoms. The number of hydrogen-bond acceptors (Lipinski definition) is 12. The molecular weight excluding hydrogens is 594 g/mol. The Morgan fingerprint density at radius 2 is 0.822 bits per heavy atom. The Morgan fingerprint density at radius 3 is 1.22 bits per heavy atom. The number of nitrogens with one attached hydrogen (secondary N) is 3. The molecule has 0 rings (SSSR count). The number of esters is 3. The third-order valence-corrected chi connectivity index (χ3v) is 5.60. The maximum Gasteiger partial charge on any atom is 0.407 e. The van der Waals surface area contributed by atoms with Crippen molar-refractivity contribution in [1.29, 1.82) is 0 Å². The van der Waals surface area contributed by atoms with Crippen LogP contribution < -0.4 is 16.0 Å². The van der Waals surface area contributed by atoms with Crippen LogP contribution in [0.3, 0.4) is 0 Å². The van der Waals surface area contributed by atoms with E-state index in [2.05, 4.69) is 35.7 Å². The molecule has 3 N–H and O–H groups in total. The van der Waals surface area contributed by atoms with E-state index in [0.717, 1.165) is 0 Å². The smallest absolute Gasteiger partial charge is 0.407 e. The summed E-state index contributed by atoms with van der Waals surface area (Å²) in [5.74, 6) is -1.68. The maximum atomic E-state index is 12.1. The second kappa shape index (κ2) is 24.8. The zero-order valence-corrected chi connectivity index (χ0v) is 26.5. The lowest BCUT2D eigenvalue weighted by molar-refractivity contribution is -0.140. The van der Waals surface area contributed by atoms with E-state index in [4.69, 9.17) is 28.4 Å². The minimum atomic E-state index is -0.668. The van der Waals surface area contributed by atoms with Crippen molar-refractivity contribution in [2.24, 2.45) is 5.92 Å². The molecule has 45 heavy (non-hydrogen) atoms. The van der Waals surface area contributed by atoms with Gasteiger partial charge < -0.3 is 44.4 Å². The fourth-order valence-corrected chi connectivity index (χ4v) is 3.23. The number of amides is 3. The van der Waals surface area contributed by atoms with Gasteiger partial charge in [0, 0.05) is 36.4 Å². The van der Waals surface area contributed by atoms with Gasteiger partial charge >= 0.3 is 36.2 Å². The van der Waals surface area contributed by atoms with Crippen LogP contribution in [-0.4, -0.2) is 95.5 Å². The molecule has 0 aromatic heterocycles. The number of alkyl carbamates (subject to hydrolysis) is 3. The van der Waals surface area contributed by atoms with Crippen LogP contribution in [0.25, 0.3) is 0 Å². The Labute approximate surface area is 264 Å². The Bertz CT molecular complexity index is 1030. The van der Waals surface area contributed by atoms with Crippen LogP contribution in [0.5, 0.6) is 0 Å². The highest BCUT2D eigenvalue weighted by Crippen LogP contribution is 2.14. The summed E-state index contributed by atoms with van der Waals surface area (Å²) in [6.07, 6.45) is 1.32. The van der Waals surface area contributed by atoms with Crippen LogP contribution in [0, 0.1) is 5.92 Å². The molecule has 0 bridgehead atoms. The van der Waals surface area contributed by atoms with Crippen molar-refractivity contribution in [3.63, 3.8) is 0 Å². The lowest BCUT2D eigenvalue weighted by Crippen LogP contribution is -2.32. The highest BCUT2D eigenvalue weighted by Gasteiger charge is 2.13. The van der Waals surface area contributed by atoms with Gasteiger partial charge in [-0.3, -0.25) is 0 Å². The molecule has 1 unspecified atom stereocenters. The zero-order chi connectivity index (χ0) is 34.0. The van der Waals surface area contributed by atoms with E-state index in [0.29, 0.717) is 51.7 Å². The van der Waals surface area contributed by atoms with Gasteiger partial charge in [-0.1, -0.05) is 26.2 Å². The molecule has 0 saturated carbocycles. The maximum absolute atomic E-state index is 12.1. The van der Waals surface area contributed by atoms with Crippen LogP contribution in [0.2, 0.25) is 0 Å². The first-order valence-corrected chi connectivity index (χ1v) is 14.5. The molecule has 0 aromatic rings. The van der Waals surface area contributed by atoms with Crippen LogP contribution in [0.1, 0.15) is 52.9 Å². The van der Waals surface area contributed by atoms with E-state index < -0.39 is 36.2 Å². The van der Waals surface area contributed by atoms with Gasteiger partial charge in [0.05, 0.1) is 0 Å². The first kappa shape index (κ1) is 40.4. The molecule has 0 aliphatic rings. The van der Waals surface area contributed by atoms with Gasteiger partial charge in [0.25, 0.3) is 0 Å². The number of ether oxygens (including phenoxy) is 6. The van der Waals surface area contributed by atoms with Crippen molar-refractivity contribution in [1.82, 2.24) is 16.0 Å². The van der Waals surface area contributed by atoms with Crippen LogP contribution in [0.15, 0.2) is 36.5 Å². The minimum Gasteiger partial charge on any atom is -0.459 e. The summed E-state index contributed by atoms with van der Waals surface area (Å²) in [5.41, 5.74) is 0.735. The van der Waals surface area contributed by atoms with Gasteiger partial charge in [0.15, 0.2) is 0 Å². The van der Waals surface area contributed by atoms with Crippen LogP contribution in [-0.2, 0) is 42.8 Å². The van der Waals surface area contributed by atoms with Crippen molar-refractivity contribution in [3.05, 3.63) is 36.5 Å². The van der Waals surface area contributed by atoms with Crippen molar-refractivity contribution in [3.8, 4) is 0 Å². The fourth-order valence-electron chi connectivity index (χ4n) is 3.23. The largest absolute Gasteiger partial charge is 0.459 e. The first-order valence-electron chi connectivity index (χ1n) is 14.5. The Kier molecular flexibility index (Phi) is 22.3. The average Bonchev–Trinajstić information content (AvgIpc) is 2.99. The SMILES string of the molecule is C=C(C)C(=O)OCCOC(=O)NCCCCC(CCCNC(=O)OCCOC(=O)C(=C)C)CNC(=O)OCCOC(=O)C(=C)C. The van der Waals surface area contributed by atoms with Crippen molar-refractivity contribution in [2.75, 3.05) is 59.3 Å². The summed E-state index contributed by atoms with van der Waals surface area (Å²) in [5, 5.41) is 7.92. The average molecular weight is 642 g/mol. The number of carbonyl (C=O) groups excluding carboxylic acids is 6. The molecule has 0 spiro atoms. The lowest BCUT2D eigenvalue weighted by Gasteiger charge is -2.18. The summed E-state index contributed by atoms with van der Waals surface area (Å²) in [7, 11) is 0. The van der Waals surface area contributed by atoms with Gasteiger partial charge in [-0.15, -0.1) is 0 Å². The van der Waals surface area contributed by atoms with Gasteiger partial charge in [-0.25, -0.2) is 28.8 Å². The predicted molar refractivity (Wildman–Crippen MR) is 162 cm³/mol. The summed E-state index contributed by atoms with van der Waals surface area (Å²) >= 11 is 0. The number of hydrogen-bond donors (Lipinski definition) is 3. The molecular formula is C30H47N3O12. The normalized spacial score (nSPS) is 10.7. The quantitative estimate of drug-likeness (QED) is 0.0640. The summed E-state index contributed by atoms with van der Waals surface area (Å²) < 4.78 is 29.5. The molecule has 254 valence electrons. The Hall–Kier alpha value is -4.56. The summed E-state index contributed by atoms with van der Waals surface area (Å²) in [6.45, 7) is 15.3. The van der Waals surface area contributed by atoms with Crippen LogP contribution >= 0.6 is 0 Å². The standard InChI is InChI=1S/C30H47N3O12/c1-21(2)25(34)40-14-17-43-28(37)31-12-8-7-10-24(20-33-30(39)45-19-16-42-27(36)23(5)6)11-9-13-32-29(38)44-18-15-41-26(35)22(3)4/h24H,1,3,5,7-20H2,2,4,6H3,(H,31,37)(H,32,38)(H,33,39). The predicted octanol–water partition coefficient (Wildman–Crippen LogP) is 3.09. The third-order valence-electron chi connectivity index (χ3n) is 5.60. The zero-order valence-electron chi connectivity index (χ0n) is 26.5. The van der Waals surface area contributed by atoms with E-state index >= 15 is 0 Å².